The van der Waals surface area contributed by atoms with Gasteiger partial charge in [-0.3, -0.25) is 13.9 Å². The summed E-state index contributed by atoms with van der Waals surface area (Å²) in [5.41, 5.74) is 12.6. The van der Waals surface area contributed by atoms with Crippen LogP contribution in [0.1, 0.15) is 102 Å². The zero-order chi connectivity index (χ0) is 44.5. The molecule has 1 atom stereocenters. The maximum atomic E-state index is 15.3. The first-order chi connectivity index (χ1) is 30.3. The standard InChI is InChI=1S/C47H55FN9O5P/c1-7-63(61,8-2)39-12-10-33(25-37(39)50-6)55-19-20-56(46(55)59)43-40-30(5)54(18-13-36(40)51-57(43)34-23-28(3)42(48)29(4)24-34)44(58)35-27-53-26-32(31-14-21-62-22-15-31)9-11-38(53)41(35)47(16-17-47)45(49)52-60/h9-12,19-20,23-27,30-31,50,60H,7-8,13-18,21-22H2,1-6H3,(H2,49,52). The number of pyridine rings is 1. The lowest BCUT2D eigenvalue weighted by Crippen LogP contribution is -2.40. The highest BCUT2D eigenvalue weighted by atomic mass is 31.2. The average molecular weight is 876 g/mol. The summed E-state index contributed by atoms with van der Waals surface area (Å²) in [4.78, 5) is 31.9. The van der Waals surface area contributed by atoms with E-state index in [4.69, 9.17) is 15.6 Å². The largest absolute Gasteiger partial charge is 0.409 e. The smallest absolute Gasteiger partial charge is 0.338 e. The third-order valence-corrected chi connectivity index (χ3v) is 17.2. The third kappa shape index (κ3) is 6.82. The second-order valence-electron chi connectivity index (χ2n) is 17.3. The number of carbonyl (C=O) groups excluding carboxylic acids is 1. The van der Waals surface area contributed by atoms with Gasteiger partial charge in [0.2, 0.25) is 0 Å². The number of hydrogen-bond acceptors (Lipinski definition) is 8. The van der Waals surface area contributed by atoms with Gasteiger partial charge >= 0.3 is 5.69 Å². The Balaban J connectivity index is 1.17. The number of nitrogens with one attached hydrogen (secondary N) is 1. The fraction of sp³-hybridized carbons (Fsp3) is 0.404. The van der Waals surface area contributed by atoms with Gasteiger partial charge in [-0.15, -0.1) is 0 Å². The Labute approximate surface area is 365 Å². The predicted molar refractivity (Wildman–Crippen MR) is 243 cm³/mol. The van der Waals surface area contributed by atoms with Crippen LogP contribution in [0, 0.1) is 19.7 Å². The molecule has 1 aliphatic carbocycles. The second kappa shape index (κ2) is 16.0. The van der Waals surface area contributed by atoms with E-state index in [9.17, 15) is 14.6 Å². The molecule has 1 amide bonds. The minimum absolute atomic E-state index is 0.0747. The van der Waals surface area contributed by atoms with E-state index in [2.05, 4.69) is 22.7 Å². The number of fused-ring (bicyclic) bond motifs is 2. The lowest BCUT2D eigenvalue weighted by Gasteiger charge is -2.34. The number of benzene rings is 2. The molecule has 1 saturated carbocycles. The van der Waals surface area contributed by atoms with Gasteiger partial charge in [-0.2, -0.15) is 5.10 Å². The number of nitrogens with two attached hydrogens (primary N) is 1. The molecule has 0 radical (unpaired) electrons. The van der Waals surface area contributed by atoms with Crippen molar-refractivity contribution in [2.45, 2.75) is 84.1 Å². The van der Waals surface area contributed by atoms with Crippen LogP contribution >= 0.6 is 7.14 Å². The lowest BCUT2D eigenvalue weighted by molar-refractivity contribution is 0.0676. The summed E-state index contributed by atoms with van der Waals surface area (Å²) >= 11 is 0. The maximum absolute atomic E-state index is 15.3. The van der Waals surface area contributed by atoms with Gasteiger partial charge in [0.15, 0.2) is 0 Å². The number of nitrogens with zero attached hydrogens (tertiary/aromatic N) is 7. The maximum Gasteiger partial charge on any atom is 0.338 e. The quantitative estimate of drug-likeness (QED) is 0.0401. The Morgan fingerprint density at radius 2 is 1.73 bits per heavy atom. The van der Waals surface area contributed by atoms with Gasteiger partial charge in [-0.05, 0) is 105 Å². The number of aryl methyl sites for hydroxylation is 2. The Kier molecular flexibility index (Phi) is 10.8. The van der Waals surface area contributed by atoms with E-state index in [1.807, 2.05) is 60.5 Å². The zero-order valence-electron chi connectivity index (χ0n) is 36.7. The van der Waals surface area contributed by atoms with Crippen LogP contribution in [0.4, 0.5) is 10.1 Å². The van der Waals surface area contributed by atoms with Gasteiger partial charge in [-0.25, -0.2) is 13.9 Å². The van der Waals surface area contributed by atoms with Crippen molar-refractivity contribution >= 4 is 35.4 Å². The zero-order valence-corrected chi connectivity index (χ0v) is 37.6. The van der Waals surface area contributed by atoms with Crippen molar-refractivity contribution in [2.24, 2.45) is 10.9 Å². The molecule has 4 N–H and O–H groups in total. The van der Waals surface area contributed by atoms with Crippen molar-refractivity contribution in [3.05, 3.63) is 123 Å². The first kappa shape index (κ1) is 42.4. The number of carbonyl (C=O) groups is 1. The van der Waals surface area contributed by atoms with Crippen LogP contribution in [0.5, 0.6) is 0 Å². The molecule has 16 heteroatoms. The molecule has 1 saturated heterocycles. The van der Waals surface area contributed by atoms with E-state index in [1.54, 1.807) is 50.1 Å². The number of oxime groups is 1. The number of halogens is 1. The minimum Gasteiger partial charge on any atom is -0.409 e. The Morgan fingerprint density at radius 1 is 1.03 bits per heavy atom. The molecule has 6 heterocycles. The molecule has 6 aromatic rings. The summed E-state index contributed by atoms with van der Waals surface area (Å²) in [6.45, 7) is 11.0. The van der Waals surface area contributed by atoms with E-state index in [-0.39, 0.29) is 23.2 Å². The molecule has 3 aliphatic rings. The van der Waals surface area contributed by atoms with E-state index in [0.717, 1.165) is 40.5 Å². The monoisotopic (exact) mass is 875 g/mol. The van der Waals surface area contributed by atoms with Gasteiger partial charge in [0.25, 0.3) is 5.91 Å². The molecule has 4 aromatic heterocycles. The number of ether oxygens (including phenoxy) is 1. The number of rotatable bonds is 11. The molecule has 63 heavy (non-hydrogen) atoms. The van der Waals surface area contributed by atoms with Gasteiger partial charge in [0.1, 0.15) is 24.6 Å². The highest BCUT2D eigenvalue weighted by Gasteiger charge is 2.53. The number of amidine groups is 1. The highest BCUT2D eigenvalue weighted by Crippen LogP contribution is 2.52. The number of anilines is 1. The molecule has 0 spiro atoms. The molecule has 14 nitrogen and oxygen atoms in total. The van der Waals surface area contributed by atoms with Crippen molar-refractivity contribution < 1.29 is 23.7 Å². The molecule has 2 fully saturated rings. The summed E-state index contributed by atoms with van der Waals surface area (Å²) in [5.74, 6) is 0.311. The van der Waals surface area contributed by atoms with Gasteiger partial charge < -0.3 is 34.9 Å². The molecular weight excluding hydrogens is 821 g/mol. The number of imidazole rings is 1. The Bertz CT molecular complexity index is 2900. The van der Waals surface area contributed by atoms with Crippen LogP contribution in [0.15, 0.2) is 77.2 Å². The minimum atomic E-state index is -2.64. The van der Waals surface area contributed by atoms with Gasteiger partial charge in [-0.1, -0.05) is 25.1 Å². The van der Waals surface area contributed by atoms with Crippen LogP contribution in [0.2, 0.25) is 0 Å². The first-order valence-corrected chi connectivity index (χ1v) is 24.0. The molecule has 0 bridgehead atoms. The first-order valence-electron chi connectivity index (χ1n) is 21.9. The van der Waals surface area contributed by atoms with E-state index >= 15 is 9.18 Å². The predicted octanol–water partition coefficient (Wildman–Crippen LogP) is 7.32. The van der Waals surface area contributed by atoms with Crippen LogP contribution < -0.4 is 22.0 Å². The fourth-order valence-electron chi connectivity index (χ4n) is 10.1. The molecule has 2 aromatic carbocycles. The number of aromatic nitrogens is 5. The van der Waals surface area contributed by atoms with E-state index in [1.165, 1.54) is 9.13 Å². The van der Waals surface area contributed by atoms with E-state index in [0.29, 0.717) is 102 Å². The Morgan fingerprint density at radius 3 is 2.38 bits per heavy atom. The van der Waals surface area contributed by atoms with Crippen LogP contribution in [0.25, 0.3) is 22.7 Å². The molecule has 9 rings (SSSR count). The van der Waals surface area contributed by atoms with Gasteiger partial charge in [0.05, 0.1) is 39.6 Å². The summed E-state index contributed by atoms with van der Waals surface area (Å²) in [5, 5.41) is 22.5. The second-order valence-corrected chi connectivity index (χ2v) is 20.9. The van der Waals surface area contributed by atoms with Crippen molar-refractivity contribution in [3.63, 3.8) is 0 Å². The van der Waals surface area contributed by atoms with Crippen molar-refractivity contribution in [3.8, 4) is 17.2 Å². The highest BCUT2D eigenvalue weighted by molar-refractivity contribution is 7.71. The topological polar surface area (TPSA) is 166 Å². The third-order valence-electron chi connectivity index (χ3n) is 13.9. The van der Waals surface area contributed by atoms with Crippen molar-refractivity contribution in [1.29, 1.82) is 0 Å². The van der Waals surface area contributed by atoms with Crippen LogP contribution in [-0.2, 0) is 21.1 Å². The Hall–Kier alpha value is -5.92. The SMILES string of the molecule is CCP(=O)(CC)c1ccc(-n2ccn(-c3c4c(nn3-c3cc(C)c(F)c(C)c3)CCN(C(=O)c3cn5cc(C6CCOCC6)ccc5c3C3(C(N)=NO)CC3)C4C)c2=O)cc1NC. The van der Waals surface area contributed by atoms with Crippen molar-refractivity contribution in [2.75, 3.05) is 44.4 Å². The number of amides is 1. The molecular formula is C47H55FN9O5P. The number of hydrogen-bond donors (Lipinski definition) is 3. The molecule has 2 aliphatic heterocycles. The summed E-state index contributed by atoms with van der Waals surface area (Å²) < 4.78 is 41.3. The summed E-state index contributed by atoms with van der Waals surface area (Å²) in [7, 11) is -0.862. The summed E-state index contributed by atoms with van der Waals surface area (Å²) in [6, 6.07) is 12.5. The lowest BCUT2D eigenvalue weighted by atomic mass is 9.89. The van der Waals surface area contributed by atoms with Crippen LogP contribution in [-0.4, -0.2) is 84.3 Å². The molecule has 330 valence electrons. The fourth-order valence-corrected chi connectivity index (χ4v) is 12.1. The van der Waals surface area contributed by atoms with Gasteiger partial charge in [0, 0.05) is 92.5 Å². The average Bonchev–Trinajstić information content (AvgIpc) is 3.66. The van der Waals surface area contributed by atoms with E-state index < -0.39 is 18.6 Å². The molecule has 1 unspecified atom stereocenters. The normalized spacial score (nSPS) is 17.9. The van der Waals surface area contributed by atoms with Crippen molar-refractivity contribution in [1.82, 2.24) is 28.2 Å². The van der Waals surface area contributed by atoms with Crippen LogP contribution in [0.3, 0.4) is 0 Å². The summed E-state index contributed by atoms with van der Waals surface area (Å²) in [6.07, 6.45) is 11.9.